The van der Waals surface area contributed by atoms with Crippen LogP contribution in [0.1, 0.15) is 58.8 Å². The van der Waals surface area contributed by atoms with E-state index < -0.39 is 0 Å². The zero-order valence-corrected chi connectivity index (χ0v) is 10.5. The molecule has 1 fully saturated rings. The van der Waals surface area contributed by atoms with E-state index in [1.165, 1.54) is 37.7 Å². The van der Waals surface area contributed by atoms with Gasteiger partial charge in [-0.3, -0.25) is 0 Å². The van der Waals surface area contributed by atoms with Crippen molar-refractivity contribution in [1.82, 2.24) is 0 Å². The zero-order chi connectivity index (χ0) is 11.3. The molecule has 1 aliphatic carbocycles. The minimum absolute atomic E-state index is 0.416. The summed E-state index contributed by atoms with van der Waals surface area (Å²) in [7, 11) is 0. The second kappa shape index (κ2) is 6.32. The highest BCUT2D eigenvalue weighted by atomic mass is 14.6. The molecule has 1 unspecified atom stereocenters. The summed E-state index contributed by atoms with van der Waals surface area (Å²) in [5.74, 6) is 1.77. The molecule has 0 aromatic heterocycles. The van der Waals surface area contributed by atoms with E-state index in [2.05, 4.69) is 20.4 Å². The second-order valence-corrected chi connectivity index (χ2v) is 5.35. The molecule has 0 bridgehead atoms. The average Bonchev–Trinajstić information content (AvgIpc) is 2.26. The molecule has 88 valence electrons. The molecule has 1 saturated carbocycles. The number of rotatable bonds is 5. The van der Waals surface area contributed by atoms with Gasteiger partial charge in [0.25, 0.3) is 0 Å². The van der Waals surface area contributed by atoms with Crippen molar-refractivity contribution in [1.29, 1.82) is 0 Å². The van der Waals surface area contributed by atoms with Crippen LogP contribution in [0.25, 0.3) is 0 Å². The van der Waals surface area contributed by atoms with E-state index in [4.69, 9.17) is 5.73 Å². The van der Waals surface area contributed by atoms with Crippen molar-refractivity contribution in [2.24, 2.45) is 17.6 Å². The lowest BCUT2D eigenvalue weighted by molar-refractivity contribution is 0.233. The second-order valence-electron chi connectivity index (χ2n) is 5.35. The van der Waals surface area contributed by atoms with Gasteiger partial charge >= 0.3 is 0 Å². The molecule has 1 rings (SSSR count). The first-order chi connectivity index (χ1) is 7.13. The van der Waals surface area contributed by atoms with Crippen molar-refractivity contribution < 1.29 is 0 Å². The number of hydrogen-bond donors (Lipinski definition) is 1. The van der Waals surface area contributed by atoms with E-state index in [1.54, 1.807) is 0 Å². The van der Waals surface area contributed by atoms with E-state index in [9.17, 15) is 0 Å². The van der Waals surface area contributed by atoms with Gasteiger partial charge in [-0.25, -0.2) is 0 Å². The Balaban J connectivity index is 2.23. The summed E-state index contributed by atoms with van der Waals surface area (Å²) in [5.41, 5.74) is 7.51. The molecule has 15 heavy (non-hydrogen) atoms. The lowest BCUT2D eigenvalue weighted by atomic mass is 9.77. The van der Waals surface area contributed by atoms with Crippen LogP contribution in [0.5, 0.6) is 0 Å². The van der Waals surface area contributed by atoms with E-state index in [0.717, 1.165) is 24.7 Å². The molecule has 1 aliphatic rings. The summed E-state index contributed by atoms with van der Waals surface area (Å²) in [4.78, 5) is 0. The van der Waals surface area contributed by atoms with Crippen molar-refractivity contribution in [2.75, 3.05) is 0 Å². The molecule has 0 spiro atoms. The Kier molecular flexibility index (Phi) is 5.38. The lowest BCUT2D eigenvalue weighted by Crippen LogP contribution is -2.33. The Morgan fingerprint density at radius 1 is 1.33 bits per heavy atom. The third-order valence-corrected chi connectivity index (χ3v) is 3.98. The topological polar surface area (TPSA) is 26.0 Å². The van der Waals surface area contributed by atoms with Gasteiger partial charge in [-0.1, -0.05) is 31.8 Å². The zero-order valence-electron chi connectivity index (χ0n) is 10.5. The Hall–Kier alpha value is -0.300. The van der Waals surface area contributed by atoms with E-state index in [-0.39, 0.29) is 0 Å². The normalized spacial score (nSPS) is 28.7. The fourth-order valence-electron chi connectivity index (χ4n) is 2.67. The molecule has 0 radical (unpaired) electrons. The van der Waals surface area contributed by atoms with Crippen LogP contribution < -0.4 is 5.73 Å². The van der Waals surface area contributed by atoms with Gasteiger partial charge < -0.3 is 5.73 Å². The summed E-state index contributed by atoms with van der Waals surface area (Å²) in [5, 5.41) is 0. The minimum atomic E-state index is 0.416. The summed E-state index contributed by atoms with van der Waals surface area (Å²) < 4.78 is 0. The van der Waals surface area contributed by atoms with Gasteiger partial charge in [0.05, 0.1) is 0 Å². The highest BCUT2D eigenvalue weighted by Gasteiger charge is 2.24. The van der Waals surface area contributed by atoms with Crippen LogP contribution in [-0.4, -0.2) is 6.04 Å². The Bertz CT molecular complexity index is 190. The molecule has 0 saturated heterocycles. The van der Waals surface area contributed by atoms with Gasteiger partial charge in [0, 0.05) is 6.04 Å². The predicted octanol–water partition coefficient (Wildman–Crippen LogP) is 3.89. The van der Waals surface area contributed by atoms with Crippen molar-refractivity contribution in [3.8, 4) is 0 Å². The fourth-order valence-corrected chi connectivity index (χ4v) is 2.67. The van der Waals surface area contributed by atoms with Crippen molar-refractivity contribution in [3.05, 3.63) is 12.2 Å². The molecule has 1 nitrogen and oxygen atoms in total. The van der Waals surface area contributed by atoms with E-state index in [1.807, 2.05) is 0 Å². The van der Waals surface area contributed by atoms with Crippen molar-refractivity contribution >= 4 is 0 Å². The van der Waals surface area contributed by atoms with Crippen molar-refractivity contribution in [2.45, 2.75) is 64.8 Å². The summed E-state index contributed by atoms with van der Waals surface area (Å²) in [6, 6.07) is 0.416. The van der Waals surface area contributed by atoms with Crippen molar-refractivity contribution in [3.63, 3.8) is 0 Å². The fraction of sp³-hybridized carbons (Fsp3) is 0.857. The third-order valence-electron chi connectivity index (χ3n) is 3.98. The highest BCUT2D eigenvalue weighted by Crippen LogP contribution is 2.33. The molecule has 1 heteroatoms. The third kappa shape index (κ3) is 4.38. The maximum absolute atomic E-state index is 6.24. The quantitative estimate of drug-likeness (QED) is 0.683. The Morgan fingerprint density at radius 3 is 2.40 bits per heavy atom. The van der Waals surface area contributed by atoms with Crippen LogP contribution in [0, 0.1) is 11.8 Å². The molecule has 0 aromatic rings. The number of hydrogen-bond acceptors (Lipinski definition) is 1. The SMILES string of the molecule is C=C(C)CCC(N)C1CCC(CC)CC1. The van der Waals surface area contributed by atoms with Crippen LogP contribution in [0.2, 0.25) is 0 Å². The number of nitrogens with two attached hydrogens (primary N) is 1. The Labute approximate surface area is 95.1 Å². The Morgan fingerprint density at radius 2 is 1.93 bits per heavy atom. The maximum Gasteiger partial charge on any atom is 0.00702 e. The smallest absolute Gasteiger partial charge is 0.00702 e. The number of allylic oxidation sites excluding steroid dienone is 1. The van der Waals surface area contributed by atoms with Gasteiger partial charge in [0.15, 0.2) is 0 Å². The first kappa shape index (κ1) is 12.8. The van der Waals surface area contributed by atoms with E-state index in [0.29, 0.717) is 6.04 Å². The molecule has 0 amide bonds. The summed E-state index contributed by atoms with van der Waals surface area (Å²) >= 11 is 0. The standard InChI is InChI=1S/C14H27N/c1-4-12-6-8-13(9-7-12)14(15)10-5-11(2)3/h12-14H,2,4-10,15H2,1,3H3. The molecular formula is C14H27N. The maximum atomic E-state index is 6.24. The van der Waals surface area contributed by atoms with Gasteiger partial charge in [-0.15, -0.1) is 6.58 Å². The van der Waals surface area contributed by atoms with Gasteiger partial charge in [0.1, 0.15) is 0 Å². The first-order valence-corrected chi connectivity index (χ1v) is 6.53. The van der Waals surface area contributed by atoms with Crippen LogP contribution in [-0.2, 0) is 0 Å². The minimum Gasteiger partial charge on any atom is -0.327 e. The molecule has 0 heterocycles. The van der Waals surface area contributed by atoms with Crippen LogP contribution in [0.3, 0.4) is 0 Å². The van der Waals surface area contributed by atoms with Crippen LogP contribution in [0.4, 0.5) is 0 Å². The monoisotopic (exact) mass is 209 g/mol. The molecule has 0 aromatic carbocycles. The van der Waals surface area contributed by atoms with Gasteiger partial charge in [-0.05, 0) is 44.4 Å². The van der Waals surface area contributed by atoms with Gasteiger partial charge in [0.2, 0.25) is 0 Å². The van der Waals surface area contributed by atoms with Crippen LogP contribution >= 0.6 is 0 Å². The van der Waals surface area contributed by atoms with Gasteiger partial charge in [-0.2, -0.15) is 0 Å². The lowest BCUT2D eigenvalue weighted by Gasteiger charge is -2.31. The average molecular weight is 209 g/mol. The molecular weight excluding hydrogens is 182 g/mol. The largest absolute Gasteiger partial charge is 0.327 e. The molecule has 2 N–H and O–H groups in total. The summed E-state index contributed by atoms with van der Waals surface area (Å²) in [6.45, 7) is 8.35. The van der Waals surface area contributed by atoms with E-state index >= 15 is 0 Å². The predicted molar refractivity (Wildman–Crippen MR) is 67.8 cm³/mol. The first-order valence-electron chi connectivity index (χ1n) is 6.53. The molecule has 0 aliphatic heterocycles. The molecule has 1 atom stereocenters. The summed E-state index contributed by atoms with van der Waals surface area (Å²) in [6.07, 6.45) is 9.12. The highest BCUT2D eigenvalue weighted by molar-refractivity contribution is 4.90. The van der Waals surface area contributed by atoms with Crippen LogP contribution in [0.15, 0.2) is 12.2 Å².